The minimum atomic E-state index is -0.266. The zero-order valence-corrected chi connectivity index (χ0v) is 16.1. The van der Waals surface area contributed by atoms with E-state index < -0.39 is 0 Å². The van der Waals surface area contributed by atoms with Crippen LogP contribution >= 0.6 is 27.5 Å². The summed E-state index contributed by atoms with van der Waals surface area (Å²) >= 11 is 9.67. The van der Waals surface area contributed by atoms with Gasteiger partial charge in [0.05, 0.1) is 16.6 Å². The summed E-state index contributed by atoms with van der Waals surface area (Å²) in [5.74, 6) is 1.39. The van der Waals surface area contributed by atoms with Gasteiger partial charge in [-0.15, -0.1) is 0 Å². The molecule has 0 saturated carbocycles. The number of carbonyl (C=O) groups is 1. The number of benzene rings is 2. The number of aliphatic hydroxyl groups excluding tert-OH is 1. The third kappa shape index (κ3) is 3.93. The number of methoxy groups -OCH3 is 1. The number of furan rings is 1. The van der Waals surface area contributed by atoms with Gasteiger partial charge in [-0.05, 0) is 64.5 Å². The first kappa shape index (κ1) is 18.5. The van der Waals surface area contributed by atoms with E-state index in [2.05, 4.69) is 21.2 Å². The van der Waals surface area contributed by atoms with Crippen LogP contribution < -0.4 is 10.1 Å². The summed E-state index contributed by atoms with van der Waals surface area (Å²) in [5.41, 5.74) is 1.72. The van der Waals surface area contributed by atoms with E-state index in [0.29, 0.717) is 43.6 Å². The Morgan fingerprint density at radius 3 is 2.65 bits per heavy atom. The van der Waals surface area contributed by atoms with Gasteiger partial charge in [-0.1, -0.05) is 11.6 Å². The van der Waals surface area contributed by atoms with Gasteiger partial charge in [-0.2, -0.15) is 0 Å². The van der Waals surface area contributed by atoms with Crippen LogP contribution in [-0.4, -0.2) is 18.1 Å². The van der Waals surface area contributed by atoms with Crippen molar-refractivity contribution >= 4 is 39.1 Å². The van der Waals surface area contributed by atoms with Crippen LogP contribution in [0.25, 0.3) is 11.3 Å². The average molecular weight is 437 g/mol. The van der Waals surface area contributed by atoms with Crippen molar-refractivity contribution in [2.75, 3.05) is 12.4 Å². The molecule has 26 heavy (non-hydrogen) atoms. The summed E-state index contributed by atoms with van der Waals surface area (Å²) in [6.07, 6.45) is 0. The highest BCUT2D eigenvalue weighted by atomic mass is 79.9. The van der Waals surface area contributed by atoms with E-state index >= 15 is 0 Å². The molecule has 0 fully saturated rings. The van der Waals surface area contributed by atoms with Crippen LogP contribution in [0.4, 0.5) is 5.69 Å². The standard InChI is InChI=1S/C19H15BrClNO4/c1-25-18-6-2-11(8-15(18)20)19(24)22-12-3-5-14(16(21)9-12)17-7-4-13(10-23)26-17/h2-9,23H,10H2,1H3,(H,22,24). The number of rotatable bonds is 5. The van der Waals surface area contributed by atoms with Crippen LogP contribution in [0.2, 0.25) is 5.02 Å². The maximum atomic E-state index is 12.4. The highest BCUT2D eigenvalue weighted by Gasteiger charge is 2.12. The Morgan fingerprint density at radius 2 is 2.04 bits per heavy atom. The van der Waals surface area contributed by atoms with Gasteiger partial charge >= 0.3 is 0 Å². The Kier molecular flexibility index (Phi) is 5.66. The number of ether oxygens (including phenoxy) is 1. The van der Waals surface area contributed by atoms with Crippen molar-refractivity contribution in [1.29, 1.82) is 0 Å². The Morgan fingerprint density at radius 1 is 1.23 bits per heavy atom. The summed E-state index contributed by atoms with van der Waals surface area (Å²) < 4.78 is 11.3. The number of aliphatic hydroxyl groups is 1. The Hall–Kier alpha value is -2.28. The molecule has 0 unspecified atom stereocenters. The van der Waals surface area contributed by atoms with Gasteiger partial charge in [0.1, 0.15) is 23.9 Å². The quantitative estimate of drug-likeness (QED) is 0.582. The zero-order valence-electron chi connectivity index (χ0n) is 13.8. The van der Waals surface area contributed by atoms with Crippen molar-refractivity contribution in [2.24, 2.45) is 0 Å². The minimum absolute atomic E-state index is 0.177. The molecule has 0 bridgehead atoms. The highest BCUT2D eigenvalue weighted by molar-refractivity contribution is 9.10. The van der Waals surface area contributed by atoms with Crippen LogP contribution in [0.1, 0.15) is 16.1 Å². The lowest BCUT2D eigenvalue weighted by Gasteiger charge is -2.09. The fourth-order valence-electron chi connectivity index (χ4n) is 2.41. The van der Waals surface area contributed by atoms with Crippen molar-refractivity contribution in [1.82, 2.24) is 0 Å². The van der Waals surface area contributed by atoms with E-state index in [-0.39, 0.29) is 12.5 Å². The summed E-state index contributed by atoms with van der Waals surface area (Å²) in [4.78, 5) is 12.4. The lowest BCUT2D eigenvalue weighted by molar-refractivity contribution is 0.102. The maximum absolute atomic E-state index is 12.4. The van der Waals surface area contributed by atoms with E-state index in [9.17, 15) is 4.79 Å². The second-order valence-electron chi connectivity index (χ2n) is 5.42. The third-order valence-corrected chi connectivity index (χ3v) is 4.66. The van der Waals surface area contributed by atoms with Gasteiger partial charge in [-0.25, -0.2) is 0 Å². The van der Waals surface area contributed by atoms with Crippen molar-refractivity contribution in [3.63, 3.8) is 0 Å². The number of nitrogens with one attached hydrogen (secondary N) is 1. The number of amides is 1. The molecule has 0 saturated heterocycles. The summed E-state index contributed by atoms with van der Waals surface area (Å²) in [6.45, 7) is -0.177. The van der Waals surface area contributed by atoms with E-state index in [1.54, 1.807) is 55.6 Å². The van der Waals surface area contributed by atoms with Gasteiger partial charge < -0.3 is 19.6 Å². The molecule has 0 radical (unpaired) electrons. The number of halogens is 2. The Labute approximate surface area is 163 Å². The minimum Gasteiger partial charge on any atom is -0.496 e. The van der Waals surface area contributed by atoms with Crippen LogP contribution in [-0.2, 0) is 6.61 Å². The molecule has 2 aromatic carbocycles. The van der Waals surface area contributed by atoms with Gasteiger partial charge in [-0.3, -0.25) is 4.79 Å². The molecule has 5 nitrogen and oxygen atoms in total. The molecule has 0 aliphatic carbocycles. The first-order valence-electron chi connectivity index (χ1n) is 7.66. The smallest absolute Gasteiger partial charge is 0.255 e. The normalized spacial score (nSPS) is 10.6. The van der Waals surface area contributed by atoms with E-state index in [4.69, 9.17) is 25.9 Å². The van der Waals surface area contributed by atoms with Crippen molar-refractivity contribution in [3.05, 3.63) is 69.3 Å². The molecule has 7 heteroatoms. The summed E-state index contributed by atoms with van der Waals surface area (Å²) in [7, 11) is 1.56. The number of hydrogen-bond donors (Lipinski definition) is 2. The zero-order chi connectivity index (χ0) is 18.7. The van der Waals surface area contributed by atoms with Gasteiger partial charge in [0, 0.05) is 16.8 Å². The monoisotopic (exact) mass is 435 g/mol. The average Bonchev–Trinajstić information content (AvgIpc) is 3.10. The van der Waals surface area contributed by atoms with Crippen LogP contribution in [0, 0.1) is 0 Å². The van der Waals surface area contributed by atoms with Gasteiger partial charge in [0.25, 0.3) is 5.91 Å². The second kappa shape index (κ2) is 7.95. The summed E-state index contributed by atoms with van der Waals surface area (Å²) in [6, 6.07) is 13.6. The van der Waals surface area contributed by atoms with Gasteiger partial charge in [0.15, 0.2) is 0 Å². The Balaban J connectivity index is 1.79. The van der Waals surface area contributed by atoms with Crippen LogP contribution in [0.5, 0.6) is 5.75 Å². The lowest BCUT2D eigenvalue weighted by Crippen LogP contribution is -2.12. The highest BCUT2D eigenvalue weighted by Crippen LogP contribution is 2.32. The first-order valence-corrected chi connectivity index (χ1v) is 8.83. The Bertz CT molecular complexity index is 954. The van der Waals surface area contributed by atoms with Crippen LogP contribution in [0.15, 0.2) is 57.4 Å². The molecule has 1 heterocycles. The van der Waals surface area contributed by atoms with E-state index in [1.807, 2.05) is 0 Å². The molecule has 1 aromatic heterocycles. The molecule has 2 N–H and O–H groups in total. The molecule has 3 aromatic rings. The molecular weight excluding hydrogens is 422 g/mol. The first-order chi connectivity index (χ1) is 12.5. The van der Waals surface area contributed by atoms with Crippen LogP contribution in [0.3, 0.4) is 0 Å². The fourth-order valence-corrected chi connectivity index (χ4v) is 3.23. The van der Waals surface area contributed by atoms with E-state index in [1.165, 1.54) is 0 Å². The summed E-state index contributed by atoms with van der Waals surface area (Å²) in [5, 5.41) is 12.3. The lowest BCUT2D eigenvalue weighted by atomic mass is 10.1. The van der Waals surface area contributed by atoms with Gasteiger partial charge in [0.2, 0.25) is 0 Å². The third-order valence-electron chi connectivity index (χ3n) is 3.72. The molecule has 0 aliphatic heterocycles. The van der Waals surface area contributed by atoms with Crippen molar-refractivity contribution in [3.8, 4) is 17.1 Å². The predicted octanol–water partition coefficient (Wildman–Crippen LogP) is 5.12. The maximum Gasteiger partial charge on any atom is 0.255 e. The molecular formula is C19H15BrClNO4. The number of hydrogen-bond acceptors (Lipinski definition) is 4. The number of carbonyl (C=O) groups excluding carboxylic acids is 1. The molecule has 134 valence electrons. The SMILES string of the molecule is COc1ccc(C(=O)Nc2ccc(-c3ccc(CO)o3)c(Cl)c2)cc1Br. The van der Waals surface area contributed by atoms with Crippen molar-refractivity contribution < 1.29 is 19.1 Å². The number of anilines is 1. The molecule has 0 atom stereocenters. The second-order valence-corrected chi connectivity index (χ2v) is 6.68. The molecule has 1 amide bonds. The molecule has 0 spiro atoms. The van der Waals surface area contributed by atoms with E-state index in [0.717, 1.165) is 0 Å². The topological polar surface area (TPSA) is 71.7 Å². The predicted molar refractivity (Wildman–Crippen MR) is 104 cm³/mol. The largest absolute Gasteiger partial charge is 0.496 e. The fraction of sp³-hybridized carbons (Fsp3) is 0.105. The molecule has 0 aliphatic rings. The molecule has 3 rings (SSSR count). The van der Waals surface area contributed by atoms with Crippen molar-refractivity contribution in [2.45, 2.75) is 6.61 Å².